The SMILES string of the molecule is CCC(C)C(C)(NC(=O)Cc1ccc(Cl)cc1C)C(=O)O. The van der Waals surface area contributed by atoms with Gasteiger partial charge in [0, 0.05) is 5.02 Å². The average Bonchev–Trinajstić information content (AvgIpc) is 2.40. The Labute approximate surface area is 130 Å². The Morgan fingerprint density at radius 3 is 2.52 bits per heavy atom. The van der Waals surface area contributed by atoms with E-state index in [1.54, 1.807) is 25.1 Å². The van der Waals surface area contributed by atoms with E-state index in [1.807, 2.05) is 20.8 Å². The Hall–Kier alpha value is -1.55. The van der Waals surface area contributed by atoms with Crippen LogP contribution in [0.25, 0.3) is 0 Å². The third-order valence-corrected chi connectivity index (χ3v) is 4.33. The third kappa shape index (κ3) is 4.21. The van der Waals surface area contributed by atoms with Gasteiger partial charge in [-0.25, -0.2) is 4.79 Å². The number of halogens is 1. The van der Waals surface area contributed by atoms with Crippen molar-refractivity contribution in [2.45, 2.75) is 46.1 Å². The van der Waals surface area contributed by atoms with E-state index in [0.717, 1.165) is 11.1 Å². The van der Waals surface area contributed by atoms with Gasteiger partial charge in [-0.05, 0) is 43.0 Å². The van der Waals surface area contributed by atoms with Crippen molar-refractivity contribution >= 4 is 23.5 Å². The van der Waals surface area contributed by atoms with Gasteiger partial charge in [-0.2, -0.15) is 0 Å². The molecule has 0 aliphatic rings. The van der Waals surface area contributed by atoms with Gasteiger partial charge in [-0.15, -0.1) is 0 Å². The number of carbonyl (C=O) groups is 2. The number of carboxylic acid groups (broad SMARTS) is 1. The van der Waals surface area contributed by atoms with Crippen molar-refractivity contribution < 1.29 is 14.7 Å². The lowest BCUT2D eigenvalue weighted by molar-refractivity contribution is -0.149. The van der Waals surface area contributed by atoms with Crippen molar-refractivity contribution in [1.29, 1.82) is 0 Å². The molecule has 5 heteroatoms. The third-order valence-electron chi connectivity index (χ3n) is 4.10. The number of benzene rings is 1. The Kier molecular flexibility index (Phi) is 5.78. The smallest absolute Gasteiger partial charge is 0.329 e. The summed E-state index contributed by atoms with van der Waals surface area (Å²) in [5.74, 6) is -1.48. The number of hydrogen-bond acceptors (Lipinski definition) is 2. The molecule has 2 atom stereocenters. The molecule has 1 rings (SSSR count). The largest absolute Gasteiger partial charge is 0.480 e. The van der Waals surface area contributed by atoms with Crippen molar-refractivity contribution in [1.82, 2.24) is 5.32 Å². The molecule has 2 N–H and O–H groups in total. The van der Waals surface area contributed by atoms with E-state index in [2.05, 4.69) is 5.32 Å². The zero-order valence-electron chi connectivity index (χ0n) is 12.9. The first-order valence-corrected chi connectivity index (χ1v) is 7.38. The number of carbonyl (C=O) groups excluding carboxylic acids is 1. The number of amides is 1. The van der Waals surface area contributed by atoms with Crippen LogP contribution in [0.3, 0.4) is 0 Å². The van der Waals surface area contributed by atoms with E-state index in [9.17, 15) is 14.7 Å². The first kappa shape index (κ1) is 17.5. The van der Waals surface area contributed by atoms with Crippen LogP contribution in [0.15, 0.2) is 18.2 Å². The fourth-order valence-electron chi connectivity index (χ4n) is 2.16. The van der Waals surface area contributed by atoms with Crippen LogP contribution >= 0.6 is 11.6 Å². The molecule has 0 saturated heterocycles. The Balaban J connectivity index is 2.86. The van der Waals surface area contributed by atoms with Gasteiger partial charge in [-0.3, -0.25) is 4.79 Å². The zero-order valence-corrected chi connectivity index (χ0v) is 13.6. The molecule has 0 heterocycles. The van der Waals surface area contributed by atoms with E-state index >= 15 is 0 Å². The molecular formula is C16H22ClNO3. The minimum absolute atomic E-state index is 0.141. The molecule has 0 saturated carbocycles. The van der Waals surface area contributed by atoms with Crippen molar-refractivity contribution in [3.63, 3.8) is 0 Å². The van der Waals surface area contributed by atoms with E-state index in [-0.39, 0.29) is 18.2 Å². The molecule has 0 aliphatic carbocycles. The molecule has 4 nitrogen and oxygen atoms in total. The van der Waals surface area contributed by atoms with E-state index < -0.39 is 11.5 Å². The molecule has 116 valence electrons. The summed E-state index contributed by atoms with van der Waals surface area (Å²) in [5.41, 5.74) is 0.499. The summed E-state index contributed by atoms with van der Waals surface area (Å²) < 4.78 is 0. The molecular weight excluding hydrogens is 290 g/mol. The lowest BCUT2D eigenvalue weighted by Gasteiger charge is -2.32. The minimum Gasteiger partial charge on any atom is -0.480 e. The van der Waals surface area contributed by atoms with Crippen LogP contribution in [0.5, 0.6) is 0 Å². The van der Waals surface area contributed by atoms with Crippen LogP contribution in [-0.4, -0.2) is 22.5 Å². The molecule has 0 bridgehead atoms. The second kappa shape index (κ2) is 6.94. The second-order valence-electron chi connectivity index (χ2n) is 5.61. The molecule has 0 spiro atoms. The monoisotopic (exact) mass is 311 g/mol. The molecule has 21 heavy (non-hydrogen) atoms. The molecule has 0 aromatic heterocycles. The van der Waals surface area contributed by atoms with Crippen LogP contribution in [0.2, 0.25) is 5.02 Å². The summed E-state index contributed by atoms with van der Waals surface area (Å²) in [4.78, 5) is 23.7. The number of rotatable bonds is 6. The fraction of sp³-hybridized carbons (Fsp3) is 0.500. The number of aryl methyl sites for hydroxylation is 1. The van der Waals surface area contributed by atoms with Crippen LogP contribution in [0.4, 0.5) is 0 Å². The number of nitrogens with one attached hydrogen (secondary N) is 1. The first-order valence-electron chi connectivity index (χ1n) is 7.00. The van der Waals surface area contributed by atoms with Crippen molar-refractivity contribution in [2.75, 3.05) is 0 Å². The average molecular weight is 312 g/mol. The molecule has 0 radical (unpaired) electrons. The van der Waals surface area contributed by atoms with Gasteiger partial charge in [0.05, 0.1) is 6.42 Å². The molecule has 0 fully saturated rings. The zero-order chi connectivity index (χ0) is 16.2. The Morgan fingerprint density at radius 2 is 2.05 bits per heavy atom. The second-order valence-corrected chi connectivity index (χ2v) is 6.05. The molecule has 2 unspecified atom stereocenters. The predicted molar refractivity (Wildman–Crippen MR) is 83.5 cm³/mol. The van der Waals surface area contributed by atoms with Gasteiger partial charge in [0.15, 0.2) is 0 Å². The Bertz CT molecular complexity index is 544. The quantitative estimate of drug-likeness (QED) is 0.848. The van der Waals surface area contributed by atoms with Gasteiger partial charge >= 0.3 is 5.97 Å². The van der Waals surface area contributed by atoms with Gasteiger partial charge in [-0.1, -0.05) is 37.9 Å². The van der Waals surface area contributed by atoms with E-state index in [4.69, 9.17) is 11.6 Å². The van der Waals surface area contributed by atoms with Gasteiger partial charge < -0.3 is 10.4 Å². The maximum absolute atomic E-state index is 12.2. The van der Waals surface area contributed by atoms with Crippen LogP contribution in [0.1, 0.15) is 38.3 Å². The Morgan fingerprint density at radius 1 is 1.43 bits per heavy atom. The maximum atomic E-state index is 12.2. The van der Waals surface area contributed by atoms with Crippen LogP contribution in [-0.2, 0) is 16.0 Å². The fourth-order valence-corrected chi connectivity index (χ4v) is 2.39. The number of carboxylic acids is 1. The summed E-state index contributed by atoms with van der Waals surface area (Å²) in [5, 5.41) is 12.7. The highest BCUT2D eigenvalue weighted by atomic mass is 35.5. The maximum Gasteiger partial charge on any atom is 0.329 e. The van der Waals surface area contributed by atoms with Gasteiger partial charge in [0.1, 0.15) is 5.54 Å². The van der Waals surface area contributed by atoms with Crippen LogP contribution < -0.4 is 5.32 Å². The van der Waals surface area contributed by atoms with Gasteiger partial charge in [0.2, 0.25) is 5.91 Å². The molecule has 0 aliphatic heterocycles. The van der Waals surface area contributed by atoms with E-state index in [1.165, 1.54) is 0 Å². The highest BCUT2D eigenvalue weighted by Crippen LogP contribution is 2.21. The number of aliphatic carboxylic acids is 1. The molecule has 1 aromatic rings. The van der Waals surface area contributed by atoms with Gasteiger partial charge in [0.25, 0.3) is 0 Å². The molecule has 1 amide bonds. The van der Waals surface area contributed by atoms with Crippen molar-refractivity contribution in [2.24, 2.45) is 5.92 Å². The lowest BCUT2D eigenvalue weighted by Crippen LogP contribution is -2.56. The predicted octanol–water partition coefficient (Wildman–Crippen LogP) is 3.20. The molecule has 1 aromatic carbocycles. The standard InChI is InChI=1S/C16H22ClNO3/c1-5-11(3)16(4,15(20)21)18-14(19)9-12-6-7-13(17)8-10(12)2/h6-8,11H,5,9H2,1-4H3,(H,18,19)(H,20,21). The minimum atomic E-state index is -1.26. The lowest BCUT2D eigenvalue weighted by atomic mass is 9.85. The highest BCUT2D eigenvalue weighted by Gasteiger charge is 2.39. The summed E-state index contributed by atoms with van der Waals surface area (Å²) in [6.45, 7) is 7.15. The number of hydrogen-bond donors (Lipinski definition) is 2. The highest BCUT2D eigenvalue weighted by molar-refractivity contribution is 6.30. The summed E-state index contributed by atoms with van der Waals surface area (Å²) in [6.07, 6.45) is 0.811. The topological polar surface area (TPSA) is 66.4 Å². The van der Waals surface area contributed by atoms with E-state index in [0.29, 0.717) is 11.4 Å². The normalized spacial score (nSPS) is 15.1. The van der Waals surface area contributed by atoms with Crippen molar-refractivity contribution in [3.05, 3.63) is 34.3 Å². The van der Waals surface area contributed by atoms with Crippen LogP contribution in [0, 0.1) is 12.8 Å². The van der Waals surface area contributed by atoms with Crippen molar-refractivity contribution in [3.8, 4) is 0 Å². The summed E-state index contributed by atoms with van der Waals surface area (Å²) >= 11 is 5.88. The summed E-state index contributed by atoms with van der Waals surface area (Å²) in [7, 11) is 0. The first-order chi connectivity index (χ1) is 9.70. The summed E-state index contributed by atoms with van der Waals surface area (Å²) in [6, 6.07) is 5.30.